The lowest BCUT2D eigenvalue weighted by Gasteiger charge is -2.03. The summed E-state index contributed by atoms with van der Waals surface area (Å²) in [5.41, 5.74) is 4.59. The molecular weight excluding hydrogens is 335 g/mol. The van der Waals surface area contributed by atoms with Crippen LogP contribution in [0.15, 0.2) is 78.9 Å². The summed E-state index contributed by atoms with van der Waals surface area (Å²) in [7, 11) is 0. The Bertz CT molecular complexity index is 991. The molecule has 0 bridgehead atoms. The van der Waals surface area contributed by atoms with Crippen molar-refractivity contribution in [3.05, 3.63) is 89.7 Å². The first-order chi connectivity index (χ1) is 12.2. The smallest absolute Gasteiger partial charge is 0.138 e. The van der Waals surface area contributed by atoms with Gasteiger partial charge in [0, 0.05) is 21.7 Å². The summed E-state index contributed by atoms with van der Waals surface area (Å²) < 4.78 is 13.2. The summed E-state index contributed by atoms with van der Waals surface area (Å²) in [5.74, 6) is 0.431. The maximum Gasteiger partial charge on any atom is 0.138 e. The second kappa shape index (κ2) is 6.54. The lowest BCUT2D eigenvalue weighted by Crippen LogP contribution is -1.83. The molecule has 4 aromatic rings. The van der Waals surface area contributed by atoms with Crippen LogP contribution in [0, 0.1) is 5.82 Å². The Morgan fingerprint density at radius 3 is 2.04 bits per heavy atom. The Morgan fingerprint density at radius 1 is 0.720 bits per heavy atom. The molecule has 0 aliphatic heterocycles. The third-order valence-electron chi connectivity index (χ3n) is 4.00. The van der Waals surface area contributed by atoms with Crippen molar-refractivity contribution in [2.24, 2.45) is 0 Å². The van der Waals surface area contributed by atoms with Gasteiger partial charge >= 0.3 is 0 Å². The van der Waals surface area contributed by atoms with Crippen LogP contribution in [0.4, 0.5) is 4.39 Å². The lowest BCUT2D eigenvalue weighted by atomic mass is 10.1. The molecule has 0 saturated carbocycles. The Hall–Kier alpha value is -2.91. The van der Waals surface area contributed by atoms with Gasteiger partial charge in [0.15, 0.2) is 0 Å². The molecule has 0 amide bonds. The average molecular weight is 349 g/mol. The van der Waals surface area contributed by atoms with Crippen molar-refractivity contribution in [3.8, 4) is 33.9 Å². The van der Waals surface area contributed by atoms with E-state index in [0.717, 1.165) is 28.1 Å². The van der Waals surface area contributed by atoms with Gasteiger partial charge in [0.05, 0.1) is 11.4 Å². The number of hydrogen-bond acceptors (Lipinski definition) is 1. The monoisotopic (exact) mass is 348 g/mol. The van der Waals surface area contributed by atoms with Crippen molar-refractivity contribution in [1.82, 2.24) is 9.97 Å². The number of nitrogens with one attached hydrogen (secondary N) is 1. The first-order valence-corrected chi connectivity index (χ1v) is 8.26. The fourth-order valence-electron chi connectivity index (χ4n) is 2.75. The molecule has 0 saturated heterocycles. The standard InChI is InChI=1S/C21H14ClFN2/c22-17-10-6-15(7-11-17)20-19(14-4-2-1-3-5-14)24-21(25-20)16-8-12-18(23)13-9-16/h1-13H,(H,24,25). The van der Waals surface area contributed by atoms with Crippen LogP contribution in [0.3, 0.4) is 0 Å². The molecule has 0 atom stereocenters. The number of benzene rings is 3. The summed E-state index contributed by atoms with van der Waals surface area (Å²) in [6.45, 7) is 0. The van der Waals surface area contributed by atoms with E-state index in [9.17, 15) is 4.39 Å². The molecule has 2 nitrogen and oxygen atoms in total. The summed E-state index contributed by atoms with van der Waals surface area (Å²) in [5, 5.41) is 0.684. The zero-order valence-corrected chi connectivity index (χ0v) is 14.0. The van der Waals surface area contributed by atoms with Gasteiger partial charge < -0.3 is 4.98 Å². The van der Waals surface area contributed by atoms with E-state index < -0.39 is 0 Å². The minimum Gasteiger partial charge on any atom is -0.337 e. The first-order valence-electron chi connectivity index (χ1n) is 7.88. The highest BCUT2D eigenvalue weighted by Gasteiger charge is 2.15. The summed E-state index contributed by atoms with van der Waals surface area (Å²) in [6.07, 6.45) is 0. The van der Waals surface area contributed by atoms with E-state index in [-0.39, 0.29) is 5.82 Å². The highest BCUT2D eigenvalue weighted by Crippen LogP contribution is 2.33. The Labute approximate surface area is 150 Å². The van der Waals surface area contributed by atoms with Crippen molar-refractivity contribution in [2.75, 3.05) is 0 Å². The number of nitrogens with zero attached hydrogens (tertiary/aromatic N) is 1. The molecule has 0 radical (unpaired) electrons. The normalized spacial score (nSPS) is 10.8. The second-order valence-corrected chi connectivity index (χ2v) is 6.13. The number of aromatic nitrogens is 2. The van der Waals surface area contributed by atoms with Crippen LogP contribution in [0.1, 0.15) is 0 Å². The van der Waals surface area contributed by atoms with Crippen molar-refractivity contribution in [2.45, 2.75) is 0 Å². The molecule has 4 heteroatoms. The molecule has 1 aromatic heterocycles. The summed E-state index contributed by atoms with van der Waals surface area (Å²) >= 11 is 6.01. The summed E-state index contributed by atoms with van der Waals surface area (Å²) in [4.78, 5) is 8.14. The van der Waals surface area contributed by atoms with Crippen LogP contribution in [0.5, 0.6) is 0 Å². The molecule has 25 heavy (non-hydrogen) atoms. The molecule has 0 fully saturated rings. The van der Waals surface area contributed by atoms with Crippen molar-refractivity contribution >= 4 is 11.6 Å². The maximum atomic E-state index is 13.2. The molecule has 0 spiro atoms. The van der Waals surface area contributed by atoms with Gasteiger partial charge in [-0.15, -0.1) is 0 Å². The van der Waals surface area contributed by atoms with E-state index in [4.69, 9.17) is 16.6 Å². The van der Waals surface area contributed by atoms with Crippen molar-refractivity contribution in [1.29, 1.82) is 0 Å². The minimum atomic E-state index is -0.267. The number of imidazole rings is 1. The summed E-state index contributed by atoms with van der Waals surface area (Å²) in [6, 6.07) is 23.9. The Morgan fingerprint density at radius 2 is 1.36 bits per heavy atom. The molecule has 0 aliphatic carbocycles. The van der Waals surface area contributed by atoms with E-state index in [0.29, 0.717) is 10.8 Å². The van der Waals surface area contributed by atoms with Crippen molar-refractivity contribution < 1.29 is 4.39 Å². The minimum absolute atomic E-state index is 0.267. The van der Waals surface area contributed by atoms with Gasteiger partial charge in [-0.05, 0) is 36.4 Å². The molecule has 4 rings (SSSR count). The SMILES string of the molecule is Fc1ccc(-c2nc(-c3ccccc3)c(-c3ccc(Cl)cc3)[nH]2)cc1. The van der Waals surface area contributed by atoms with E-state index in [2.05, 4.69) is 4.98 Å². The van der Waals surface area contributed by atoms with Gasteiger partial charge in [-0.3, -0.25) is 0 Å². The quantitative estimate of drug-likeness (QED) is 0.469. The topological polar surface area (TPSA) is 28.7 Å². The zero-order valence-electron chi connectivity index (χ0n) is 13.2. The molecule has 1 heterocycles. The van der Waals surface area contributed by atoms with Crippen LogP contribution in [0.2, 0.25) is 5.02 Å². The first kappa shape index (κ1) is 15.6. The van der Waals surface area contributed by atoms with Crippen LogP contribution in [-0.4, -0.2) is 9.97 Å². The van der Waals surface area contributed by atoms with Gasteiger partial charge in [0.25, 0.3) is 0 Å². The third kappa shape index (κ3) is 3.19. The number of rotatable bonds is 3. The van der Waals surface area contributed by atoms with Gasteiger partial charge in [0.2, 0.25) is 0 Å². The molecule has 122 valence electrons. The zero-order chi connectivity index (χ0) is 17.2. The number of H-pyrrole nitrogens is 1. The van der Waals surface area contributed by atoms with Crippen LogP contribution < -0.4 is 0 Å². The molecular formula is C21H14ClFN2. The van der Waals surface area contributed by atoms with E-state index in [1.165, 1.54) is 12.1 Å². The fraction of sp³-hybridized carbons (Fsp3) is 0. The second-order valence-electron chi connectivity index (χ2n) is 5.69. The Balaban J connectivity index is 1.89. The predicted molar refractivity (Wildman–Crippen MR) is 99.9 cm³/mol. The highest BCUT2D eigenvalue weighted by molar-refractivity contribution is 6.30. The fourth-order valence-corrected chi connectivity index (χ4v) is 2.87. The van der Waals surface area contributed by atoms with Gasteiger partial charge in [0.1, 0.15) is 11.6 Å². The van der Waals surface area contributed by atoms with E-state index in [1.54, 1.807) is 12.1 Å². The van der Waals surface area contributed by atoms with Gasteiger partial charge in [-0.1, -0.05) is 54.1 Å². The molecule has 1 N–H and O–H groups in total. The van der Waals surface area contributed by atoms with Gasteiger partial charge in [-0.25, -0.2) is 9.37 Å². The largest absolute Gasteiger partial charge is 0.337 e. The highest BCUT2D eigenvalue weighted by atomic mass is 35.5. The Kier molecular flexibility index (Phi) is 4.08. The van der Waals surface area contributed by atoms with Gasteiger partial charge in [-0.2, -0.15) is 0 Å². The van der Waals surface area contributed by atoms with Crippen LogP contribution >= 0.6 is 11.6 Å². The van der Waals surface area contributed by atoms with Crippen LogP contribution in [-0.2, 0) is 0 Å². The average Bonchev–Trinajstić information content (AvgIpc) is 3.09. The maximum absolute atomic E-state index is 13.2. The number of hydrogen-bond donors (Lipinski definition) is 1. The number of aromatic amines is 1. The third-order valence-corrected chi connectivity index (χ3v) is 4.25. The molecule has 3 aromatic carbocycles. The number of halogens is 2. The lowest BCUT2D eigenvalue weighted by molar-refractivity contribution is 0.628. The van der Waals surface area contributed by atoms with E-state index in [1.807, 2.05) is 54.6 Å². The molecule has 0 aliphatic rings. The predicted octanol–water partition coefficient (Wildman–Crippen LogP) is 6.20. The van der Waals surface area contributed by atoms with Crippen molar-refractivity contribution in [3.63, 3.8) is 0 Å². The van der Waals surface area contributed by atoms with E-state index >= 15 is 0 Å². The van der Waals surface area contributed by atoms with Crippen LogP contribution in [0.25, 0.3) is 33.9 Å². The molecule has 0 unspecified atom stereocenters.